The average Bonchev–Trinajstić information content (AvgIpc) is 2.58. The van der Waals surface area contributed by atoms with Gasteiger partial charge < -0.3 is 23.7 Å². The topological polar surface area (TPSA) is 95.2 Å². The Morgan fingerprint density at radius 1 is 1.27 bits per heavy atom. The van der Waals surface area contributed by atoms with E-state index in [0.717, 1.165) is 0 Å². The van der Waals surface area contributed by atoms with Crippen molar-refractivity contribution in [2.75, 3.05) is 13.7 Å². The van der Waals surface area contributed by atoms with E-state index in [1.54, 1.807) is 32.0 Å². The fourth-order valence-electron chi connectivity index (χ4n) is 2.61. The van der Waals surface area contributed by atoms with Gasteiger partial charge in [-0.2, -0.15) is 0 Å². The van der Waals surface area contributed by atoms with Crippen LogP contribution in [-0.4, -0.2) is 30.9 Å². The van der Waals surface area contributed by atoms with Crippen LogP contribution in [0.5, 0.6) is 17.2 Å². The standard InChI is InChI=1S/C19H18O7/c1-10(2)25-16(21)9-24-11-7-13(20)17-15(8-11)26-19-12(18(17)22)5-4-6-14(19)23-3/h4-8,10,20H,9H2,1-3H3. The number of fused-ring (bicyclic) bond motifs is 2. The van der Waals surface area contributed by atoms with Gasteiger partial charge in [0.25, 0.3) is 0 Å². The van der Waals surface area contributed by atoms with Gasteiger partial charge in [0.05, 0.1) is 18.6 Å². The molecule has 0 radical (unpaired) electrons. The number of aromatic hydroxyl groups is 1. The van der Waals surface area contributed by atoms with E-state index in [1.165, 1.54) is 19.2 Å². The molecule has 1 aromatic heterocycles. The van der Waals surface area contributed by atoms with Gasteiger partial charge in [0.2, 0.25) is 5.43 Å². The Hall–Kier alpha value is -3.22. The third-order valence-electron chi connectivity index (χ3n) is 3.66. The fourth-order valence-corrected chi connectivity index (χ4v) is 2.61. The molecule has 0 fully saturated rings. The van der Waals surface area contributed by atoms with Crippen LogP contribution in [-0.2, 0) is 9.53 Å². The van der Waals surface area contributed by atoms with Gasteiger partial charge >= 0.3 is 5.97 Å². The minimum atomic E-state index is -0.541. The van der Waals surface area contributed by atoms with Crippen molar-refractivity contribution in [3.05, 3.63) is 40.6 Å². The molecule has 26 heavy (non-hydrogen) atoms. The third kappa shape index (κ3) is 3.28. The summed E-state index contributed by atoms with van der Waals surface area (Å²) in [7, 11) is 1.47. The molecule has 0 bridgehead atoms. The fraction of sp³-hybridized carbons (Fsp3) is 0.263. The monoisotopic (exact) mass is 358 g/mol. The number of carbonyl (C=O) groups is 1. The quantitative estimate of drug-likeness (QED) is 0.553. The number of phenols is 1. The van der Waals surface area contributed by atoms with Gasteiger partial charge in [0.1, 0.15) is 22.5 Å². The zero-order valence-electron chi connectivity index (χ0n) is 14.6. The maximum Gasteiger partial charge on any atom is 0.344 e. The maximum atomic E-state index is 12.7. The van der Waals surface area contributed by atoms with Crippen LogP contribution in [0, 0.1) is 0 Å². The largest absolute Gasteiger partial charge is 0.507 e. The van der Waals surface area contributed by atoms with Gasteiger partial charge in [-0.25, -0.2) is 4.79 Å². The van der Waals surface area contributed by atoms with Crippen LogP contribution in [0.15, 0.2) is 39.5 Å². The van der Waals surface area contributed by atoms with Crippen molar-refractivity contribution in [3.63, 3.8) is 0 Å². The summed E-state index contributed by atoms with van der Waals surface area (Å²) in [6.45, 7) is 3.13. The Balaban J connectivity index is 2.06. The molecule has 0 aliphatic heterocycles. The van der Waals surface area contributed by atoms with E-state index < -0.39 is 5.97 Å². The summed E-state index contributed by atoms with van der Waals surface area (Å²) in [5.74, 6) is -0.268. The molecular weight excluding hydrogens is 340 g/mol. The second-order valence-electron chi connectivity index (χ2n) is 5.91. The molecule has 0 atom stereocenters. The maximum absolute atomic E-state index is 12.7. The minimum Gasteiger partial charge on any atom is -0.507 e. The molecule has 7 heteroatoms. The molecule has 7 nitrogen and oxygen atoms in total. The second kappa shape index (κ2) is 6.95. The normalized spacial score (nSPS) is 11.1. The van der Waals surface area contributed by atoms with Crippen LogP contribution in [0.4, 0.5) is 0 Å². The number of hydrogen-bond acceptors (Lipinski definition) is 7. The number of phenolic OH excluding ortho intramolecular Hbond substituents is 1. The summed E-state index contributed by atoms with van der Waals surface area (Å²) in [6.07, 6.45) is -0.257. The molecule has 3 rings (SSSR count). The second-order valence-corrected chi connectivity index (χ2v) is 5.91. The molecule has 0 spiro atoms. The third-order valence-corrected chi connectivity index (χ3v) is 3.66. The van der Waals surface area contributed by atoms with E-state index in [1.807, 2.05) is 0 Å². The molecule has 0 saturated heterocycles. The number of hydrogen-bond donors (Lipinski definition) is 1. The van der Waals surface area contributed by atoms with Crippen LogP contribution in [0.3, 0.4) is 0 Å². The van der Waals surface area contributed by atoms with Crippen LogP contribution in [0.25, 0.3) is 21.9 Å². The van der Waals surface area contributed by atoms with Gasteiger partial charge in [-0.3, -0.25) is 4.79 Å². The zero-order chi connectivity index (χ0) is 18.8. The van der Waals surface area contributed by atoms with Crippen LogP contribution in [0.2, 0.25) is 0 Å². The van der Waals surface area contributed by atoms with Crippen LogP contribution >= 0.6 is 0 Å². The highest BCUT2D eigenvalue weighted by atomic mass is 16.6. The molecule has 3 aromatic rings. The van der Waals surface area contributed by atoms with Crippen molar-refractivity contribution >= 4 is 27.9 Å². The Morgan fingerprint density at radius 3 is 2.73 bits per heavy atom. The molecule has 0 unspecified atom stereocenters. The molecule has 0 amide bonds. The van der Waals surface area contributed by atoms with E-state index in [-0.39, 0.29) is 46.2 Å². The summed E-state index contributed by atoms with van der Waals surface area (Å²) in [4.78, 5) is 24.3. The number of rotatable bonds is 5. The lowest BCUT2D eigenvalue weighted by atomic mass is 10.1. The summed E-state index contributed by atoms with van der Waals surface area (Å²) >= 11 is 0. The first-order valence-electron chi connectivity index (χ1n) is 7.99. The van der Waals surface area contributed by atoms with E-state index in [9.17, 15) is 14.7 Å². The Bertz CT molecular complexity index is 1030. The van der Waals surface area contributed by atoms with Gasteiger partial charge in [-0.1, -0.05) is 6.07 Å². The average molecular weight is 358 g/mol. The summed E-state index contributed by atoms with van der Waals surface area (Å²) in [5.41, 5.74) is 0.00547. The highest BCUT2D eigenvalue weighted by molar-refractivity contribution is 5.95. The van der Waals surface area contributed by atoms with Crippen molar-refractivity contribution in [1.82, 2.24) is 0 Å². The Morgan fingerprint density at radius 2 is 2.04 bits per heavy atom. The van der Waals surface area contributed by atoms with Crippen molar-refractivity contribution in [3.8, 4) is 17.2 Å². The van der Waals surface area contributed by atoms with Crippen molar-refractivity contribution < 1.29 is 28.5 Å². The molecule has 0 aliphatic carbocycles. The summed E-state index contributed by atoms with van der Waals surface area (Å²) in [6, 6.07) is 7.62. The predicted molar refractivity (Wildman–Crippen MR) is 94.9 cm³/mol. The number of benzene rings is 2. The van der Waals surface area contributed by atoms with Crippen LogP contribution in [0.1, 0.15) is 13.8 Å². The number of ether oxygens (including phenoxy) is 3. The lowest BCUT2D eigenvalue weighted by Crippen LogP contribution is -2.18. The number of esters is 1. The lowest BCUT2D eigenvalue weighted by molar-refractivity contribution is -0.149. The molecule has 0 aliphatic rings. The van der Waals surface area contributed by atoms with E-state index in [0.29, 0.717) is 11.1 Å². The first-order chi connectivity index (χ1) is 12.4. The van der Waals surface area contributed by atoms with Crippen molar-refractivity contribution in [1.29, 1.82) is 0 Å². The molecule has 1 heterocycles. The molecule has 0 saturated carbocycles. The van der Waals surface area contributed by atoms with Gasteiger partial charge in [0.15, 0.2) is 17.9 Å². The first-order valence-corrected chi connectivity index (χ1v) is 7.99. The van der Waals surface area contributed by atoms with Crippen molar-refractivity contribution in [2.24, 2.45) is 0 Å². The molecule has 136 valence electrons. The smallest absolute Gasteiger partial charge is 0.344 e. The molecular formula is C19H18O7. The number of para-hydroxylation sites is 1. The van der Waals surface area contributed by atoms with E-state index >= 15 is 0 Å². The van der Waals surface area contributed by atoms with Gasteiger partial charge in [0, 0.05) is 12.1 Å². The highest BCUT2D eigenvalue weighted by Crippen LogP contribution is 2.33. The van der Waals surface area contributed by atoms with Crippen LogP contribution < -0.4 is 14.9 Å². The summed E-state index contributed by atoms with van der Waals surface area (Å²) in [5, 5.41) is 10.6. The van der Waals surface area contributed by atoms with Gasteiger partial charge in [-0.05, 0) is 26.0 Å². The predicted octanol–water partition coefficient (Wildman–Crippen LogP) is 2.99. The SMILES string of the molecule is COc1cccc2c(=O)c3c(O)cc(OCC(=O)OC(C)C)cc3oc12. The van der Waals surface area contributed by atoms with Crippen molar-refractivity contribution in [2.45, 2.75) is 20.0 Å². The number of methoxy groups -OCH3 is 1. The summed E-state index contributed by atoms with van der Waals surface area (Å²) < 4.78 is 21.3. The molecule has 2 aromatic carbocycles. The Kier molecular flexibility index (Phi) is 4.71. The first kappa shape index (κ1) is 17.6. The van der Waals surface area contributed by atoms with E-state index in [2.05, 4.69) is 0 Å². The molecule has 1 N–H and O–H groups in total. The number of carbonyl (C=O) groups excluding carboxylic acids is 1. The highest BCUT2D eigenvalue weighted by Gasteiger charge is 2.16. The lowest BCUT2D eigenvalue weighted by Gasteiger charge is -2.11. The zero-order valence-corrected chi connectivity index (χ0v) is 14.6. The van der Waals surface area contributed by atoms with Gasteiger partial charge in [-0.15, -0.1) is 0 Å². The minimum absolute atomic E-state index is 0.0304. The Labute approximate surface area is 148 Å². The van der Waals surface area contributed by atoms with E-state index in [4.69, 9.17) is 18.6 Å².